The van der Waals surface area contributed by atoms with E-state index in [0.29, 0.717) is 16.6 Å². The number of rotatable bonds is 8. The highest BCUT2D eigenvalue weighted by Crippen LogP contribution is 2.16. The van der Waals surface area contributed by atoms with Gasteiger partial charge in [-0.05, 0) is 23.3 Å². The maximum Gasteiger partial charge on any atom is 0.329 e. The second-order valence-electron chi connectivity index (χ2n) is 7.07. The van der Waals surface area contributed by atoms with Crippen LogP contribution in [-0.2, 0) is 22.7 Å². The average molecular weight is 438 g/mol. The molecule has 166 valence electrons. The summed E-state index contributed by atoms with van der Waals surface area (Å²) in [6.45, 7) is -0.434. The Bertz CT molecular complexity index is 1290. The molecular weight excluding hydrogens is 416 g/mol. The fraction of sp³-hybridized carbons (Fsp3) is 0.190. The molecule has 11 nitrogen and oxygen atoms in total. The second-order valence-corrected chi connectivity index (χ2v) is 7.07. The van der Waals surface area contributed by atoms with Gasteiger partial charge < -0.3 is 26.9 Å². The summed E-state index contributed by atoms with van der Waals surface area (Å²) >= 11 is 0. The lowest BCUT2D eigenvalue weighted by atomic mass is 10.0. The number of carbonyl (C=O) groups excluding carboxylic acids is 1. The lowest BCUT2D eigenvalue weighted by molar-refractivity contribution is -0.137. The number of aliphatic carboxylic acids is 1. The number of aromatic amines is 1. The number of aliphatic imine (C=N–C) groups is 1. The molecule has 1 atom stereocenters. The Morgan fingerprint density at radius 2 is 1.84 bits per heavy atom. The summed E-state index contributed by atoms with van der Waals surface area (Å²) in [6.07, 6.45) is -0.354. The van der Waals surface area contributed by atoms with Crippen LogP contribution >= 0.6 is 0 Å². The quantitative estimate of drug-likeness (QED) is 0.238. The number of hydrogen-bond donors (Lipinski definition) is 5. The molecule has 1 heterocycles. The van der Waals surface area contributed by atoms with Gasteiger partial charge in [-0.25, -0.2) is 9.79 Å². The number of amides is 1. The van der Waals surface area contributed by atoms with E-state index in [0.717, 1.165) is 4.57 Å². The van der Waals surface area contributed by atoms with E-state index >= 15 is 0 Å². The molecule has 0 unspecified atom stereocenters. The van der Waals surface area contributed by atoms with Crippen LogP contribution in [0.5, 0.6) is 0 Å². The number of carboxylic acid groups (broad SMARTS) is 1. The van der Waals surface area contributed by atoms with Crippen LogP contribution in [-0.4, -0.2) is 32.5 Å². The van der Waals surface area contributed by atoms with E-state index in [2.05, 4.69) is 15.3 Å². The number of hydrogen-bond acceptors (Lipinski definition) is 5. The summed E-state index contributed by atoms with van der Waals surface area (Å²) in [6, 6.07) is 12.5. The molecule has 0 saturated heterocycles. The van der Waals surface area contributed by atoms with Crippen LogP contribution in [0.4, 0.5) is 0 Å². The number of nitrogens with one attached hydrogen (secondary N) is 2. The Hall–Kier alpha value is -4.41. The van der Waals surface area contributed by atoms with Crippen LogP contribution in [0.2, 0.25) is 0 Å². The zero-order valence-corrected chi connectivity index (χ0v) is 16.9. The molecule has 0 bridgehead atoms. The SMILES string of the molecule is NC(N)=NCc1ccc2[nH]c(=O)n(CC(=O)N[C@H](CC(=O)O)c3ccccc3)c(=O)c2c1. The van der Waals surface area contributed by atoms with Crippen molar-refractivity contribution in [2.24, 2.45) is 16.5 Å². The van der Waals surface area contributed by atoms with Gasteiger partial charge in [0.05, 0.1) is 29.9 Å². The van der Waals surface area contributed by atoms with Gasteiger partial charge >= 0.3 is 11.7 Å². The van der Waals surface area contributed by atoms with Gasteiger partial charge in [-0.1, -0.05) is 36.4 Å². The van der Waals surface area contributed by atoms with Crippen molar-refractivity contribution in [3.63, 3.8) is 0 Å². The van der Waals surface area contributed by atoms with Crippen molar-refractivity contribution in [3.8, 4) is 0 Å². The van der Waals surface area contributed by atoms with Crippen molar-refractivity contribution in [1.29, 1.82) is 0 Å². The number of aromatic nitrogens is 2. The first-order valence-electron chi connectivity index (χ1n) is 9.62. The van der Waals surface area contributed by atoms with E-state index in [-0.39, 0.29) is 24.3 Å². The number of carbonyl (C=O) groups is 2. The number of guanidine groups is 1. The van der Waals surface area contributed by atoms with E-state index < -0.39 is 35.7 Å². The minimum Gasteiger partial charge on any atom is -0.481 e. The normalized spacial score (nSPS) is 11.6. The van der Waals surface area contributed by atoms with Crippen LogP contribution in [0.1, 0.15) is 23.6 Å². The molecule has 1 amide bonds. The monoisotopic (exact) mass is 438 g/mol. The fourth-order valence-electron chi connectivity index (χ4n) is 3.22. The minimum absolute atomic E-state index is 0.102. The van der Waals surface area contributed by atoms with Gasteiger partial charge in [0.1, 0.15) is 6.54 Å². The van der Waals surface area contributed by atoms with Crippen LogP contribution < -0.4 is 28.0 Å². The second kappa shape index (κ2) is 9.60. The maximum atomic E-state index is 12.9. The number of fused-ring (bicyclic) bond motifs is 1. The Morgan fingerprint density at radius 1 is 1.12 bits per heavy atom. The average Bonchev–Trinajstić information content (AvgIpc) is 2.75. The smallest absolute Gasteiger partial charge is 0.329 e. The van der Waals surface area contributed by atoms with Gasteiger partial charge in [0.2, 0.25) is 5.91 Å². The highest BCUT2D eigenvalue weighted by Gasteiger charge is 2.19. The van der Waals surface area contributed by atoms with E-state index in [4.69, 9.17) is 11.5 Å². The van der Waals surface area contributed by atoms with Crippen LogP contribution in [0.25, 0.3) is 10.9 Å². The first-order chi connectivity index (χ1) is 15.2. The van der Waals surface area contributed by atoms with Crippen LogP contribution in [0, 0.1) is 0 Å². The summed E-state index contributed by atoms with van der Waals surface area (Å²) in [5, 5.41) is 11.9. The molecule has 0 aliphatic carbocycles. The lowest BCUT2D eigenvalue weighted by Gasteiger charge is -2.17. The van der Waals surface area contributed by atoms with Crippen molar-refractivity contribution < 1.29 is 14.7 Å². The van der Waals surface area contributed by atoms with Gasteiger partial charge in [-0.3, -0.25) is 19.0 Å². The summed E-state index contributed by atoms with van der Waals surface area (Å²) in [7, 11) is 0. The number of carboxylic acids is 1. The molecule has 1 aromatic heterocycles. The Balaban J connectivity index is 1.88. The first-order valence-corrected chi connectivity index (χ1v) is 9.62. The molecule has 11 heteroatoms. The van der Waals surface area contributed by atoms with Crippen LogP contribution in [0.3, 0.4) is 0 Å². The van der Waals surface area contributed by atoms with Crippen molar-refractivity contribution in [2.75, 3.05) is 0 Å². The molecule has 3 rings (SSSR count). The molecule has 7 N–H and O–H groups in total. The van der Waals surface area contributed by atoms with Crippen molar-refractivity contribution in [3.05, 3.63) is 80.5 Å². The van der Waals surface area contributed by atoms with Crippen LogP contribution in [0.15, 0.2) is 63.1 Å². The minimum atomic E-state index is -1.10. The van der Waals surface area contributed by atoms with Gasteiger partial charge in [-0.2, -0.15) is 0 Å². The van der Waals surface area contributed by atoms with Crippen molar-refractivity contribution in [2.45, 2.75) is 25.6 Å². The van der Waals surface area contributed by atoms with E-state index in [1.165, 1.54) is 6.07 Å². The zero-order valence-electron chi connectivity index (χ0n) is 16.9. The summed E-state index contributed by atoms with van der Waals surface area (Å²) in [5.74, 6) is -1.88. The predicted octanol–water partition coefficient (Wildman–Crippen LogP) is -0.205. The lowest BCUT2D eigenvalue weighted by Crippen LogP contribution is -2.41. The van der Waals surface area contributed by atoms with Gasteiger partial charge in [-0.15, -0.1) is 0 Å². The molecule has 2 aromatic carbocycles. The fourth-order valence-corrected chi connectivity index (χ4v) is 3.22. The summed E-state index contributed by atoms with van der Waals surface area (Å²) in [4.78, 5) is 55.6. The Kier molecular flexibility index (Phi) is 6.68. The topological polar surface area (TPSA) is 186 Å². The third-order valence-electron chi connectivity index (χ3n) is 4.71. The van der Waals surface area contributed by atoms with E-state index in [9.17, 15) is 24.3 Å². The molecule has 0 saturated carbocycles. The van der Waals surface area contributed by atoms with Gasteiger partial charge in [0.15, 0.2) is 5.96 Å². The third kappa shape index (κ3) is 5.39. The molecule has 0 spiro atoms. The van der Waals surface area contributed by atoms with Crippen molar-refractivity contribution >= 4 is 28.7 Å². The van der Waals surface area contributed by atoms with Crippen molar-refractivity contribution in [1.82, 2.24) is 14.9 Å². The van der Waals surface area contributed by atoms with E-state index in [1.54, 1.807) is 42.5 Å². The number of nitrogens with two attached hydrogens (primary N) is 2. The Labute approximate surface area is 181 Å². The summed E-state index contributed by atoms with van der Waals surface area (Å²) in [5.41, 5.74) is 10.8. The number of benzene rings is 2. The molecule has 32 heavy (non-hydrogen) atoms. The molecule has 0 aliphatic heterocycles. The number of nitrogens with zero attached hydrogens (tertiary/aromatic N) is 2. The predicted molar refractivity (Wildman–Crippen MR) is 118 cm³/mol. The summed E-state index contributed by atoms with van der Waals surface area (Å²) < 4.78 is 0.755. The molecule has 0 aliphatic rings. The van der Waals surface area contributed by atoms with E-state index in [1.807, 2.05) is 0 Å². The van der Waals surface area contributed by atoms with Gasteiger partial charge in [0, 0.05) is 0 Å². The Morgan fingerprint density at radius 3 is 2.50 bits per heavy atom. The largest absolute Gasteiger partial charge is 0.481 e. The molecule has 0 fully saturated rings. The maximum absolute atomic E-state index is 12.9. The third-order valence-corrected chi connectivity index (χ3v) is 4.71. The molecule has 0 radical (unpaired) electrons. The highest BCUT2D eigenvalue weighted by molar-refractivity contribution is 5.80. The molecular formula is C21H22N6O5. The van der Waals surface area contributed by atoms with Gasteiger partial charge in [0.25, 0.3) is 5.56 Å². The standard InChI is InChI=1S/C21H22N6O5/c22-20(23)24-10-12-6-7-15-14(8-12)19(31)27(21(32)26-15)11-17(28)25-16(9-18(29)30)13-4-2-1-3-5-13/h1-8,16H,9-11H2,(H,25,28)(H,26,32)(H,29,30)(H4,22,23,24)/t16-/m1/s1. The zero-order chi connectivity index (χ0) is 23.3. The highest BCUT2D eigenvalue weighted by atomic mass is 16.4. The first kappa shape index (κ1) is 22.3. The molecule has 3 aromatic rings. The number of H-pyrrole nitrogens is 1.